The monoisotopic (exact) mass is 242 g/mol. The van der Waals surface area contributed by atoms with Crippen LogP contribution in [0, 0.1) is 0 Å². The van der Waals surface area contributed by atoms with Crippen LogP contribution < -0.4 is 10.6 Å². The van der Waals surface area contributed by atoms with Gasteiger partial charge in [0.05, 0.1) is 0 Å². The maximum absolute atomic E-state index is 11.0. The van der Waals surface area contributed by atoms with Gasteiger partial charge in [0, 0.05) is 29.8 Å². The van der Waals surface area contributed by atoms with Crippen LogP contribution in [-0.4, -0.2) is 13.0 Å². The molecule has 0 saturated carbocycles. The number of anilines is 2. The Morgan fingerprint density at radius 2 is 2.15 bits per heavy atom. The highest BCUT2D eigenvalue weighted by Crippen LogP contribution is 2.24. The summed E-state index contributed by atoms with van der Waals surface area (Å²) in [6, 6.07) is 5.39. The Bertz CT molecular complexity index is 338. The maximum atomic E-state index is 11.0. The van der Waals surface area contributed by atoms with Gasteiger partial charge in [-0.05, 0) is 34.1 Å². The third-order valence-corrected chi connectivity index (χ3v) is 2.53. The highest BCUT2D eigenvalue weighted by atomic mass is 79.9. The van der Waals surface area contributed by atoms with E-state index in [0.717, 1.165) is 10.2 Å². The van der Waals surface area contributed by atoms with Gasteiger partial charge in [0.1, 0.15) is 0 Å². The Kier molecular flexibility index (Phi) is 2.93. The molecule has 0 aliphatic heterocycles. The second kappa shape index (κ2) is 3.79. The maximum Gasteiger partial charge on any atom is 0.223 e. The van der Waals surface area contributed by atoms with Crippen LogP contribution in [-0.2, 0) is 4.79 Å². The van der Waals surface area contributed by atoms with Gasteiger partial charge in [-0.1, -0.05) is 0 Å². The minimum absolute atomic E-state index is 0.00308. The second-order valence-electron chi connectivity index (χ2n) is 2.78. The largest absolute Gasteiger partial charge is 0.398 e. The molecule has 0 bridgehead atoms. The molecule has 1 amide bonds. The van der Waals surface area contributed by atoms with Gasteiger partial charge < -0.3 is 10.6 Å². The predicted octanol–water partition coefficient (Wildman–Crippen LogP) is 2.01. The first-order valence-corrected chi connectivity index (χ1v) is 4.61. The van der Waals surface area contributed by atoms with E-state index in [0.29, 0.717) is 5.69 Å². The number of hydrogen-bond donors (Lipinski definition) is 1. The molecule has 4 heteroatoms. The van der Waals surface area contributed by atoms with Crippen LogP contribution in [0.25, 0.3) is 0 Å². The number of halogens is 1. The number of hydrogen-bond acceptors (Lipinski definition) is 2. The number of carbonyl (C=O) groups is 1. The molecule has 0 fully saturated rings. The molecule has 0 saturated heterocycles. The average molecular weight is 243 g/mol. The third-order valence-electron chi connectivity index (χ3n) is 1.84. The summed E-state index contributed by atoms with van der Waals surface area (Å²) >= 11 is 3.30. The average Bonchev–Trinajstić information content (AvgIpc) is 2.08. The van der Waals surface area contributed by atoms with Crippen LogP contribution in [0.5, 0.6) is 0 Å². The molecule has 0 aliphatic carbocycles. The molecule has 70 valence electrons. The Morgan fingerprint density at radius 3 is 2.62 bits per heavy atom. The highest BCUT2D eigenvalue weighted by Gasteiger charge is 2.06. The van der Waals surface area contributed by atoms with E-state index in [1.807, 2.05) is 12.1 Å². The van der Waals surface area contributed by atoms with Crippen molar-refractivity contribution in [1.29, 1.82) is 0 Å². The van der Waals surface area contributed by atoms with Gasteiger partial charge in [0.15, 0.2) is 0 Å². The van der Waals surface area contributed by atoms with Gasteiger partial charge >= 0.3 is 0 Å². The number of rotatable bonds is 1. The zero-order valence-electron chi connectivity index (χ0n) is 7.54. The standard InChI is InChI=1S/C9H11BrN2O/c1-6(13)12(2)7-3-4-9(11)8(10)5-7/h3-5H,11H2,1-2H3. The van der Waals surface area contributed by atoms with Gasteiger partial charge in [0.25, 0.3) is 0 Å². The summed E-state index contributed by atoms with van der Waals surface area (Å²) in [4.78, 5) is 12.6. The molecule has 0 aromatic heterocycles. The molecule has 0 aliphatic rings. The van der Waals surface area contributed by atoms with Crippen molar-refractivity contribution in [1.82, 2.24) is 0 Å². The lowest BCUT2D eigenvalue weighted by Crippen LogP contribution is -2.22. The number of nitrogens with two attached hydrogens (primary N) is 1. The highest BCUT2D eigenvalue weighted by molar-refractivity contribution is 9.10. The fraction of sp³-hybridized carbons (Fsp3) is 0.222. The Hall–Kier alpha value is -1.03. The number of nitrogen functional groups attached to an aromatic ring is 1. The van der Waals surface area contributed by atoms with Crippen LogP contribution >= 0.6 is 15.9 Å². The fourth-order valence-corrected chi connectivity index (χ4v) is 1.27. The molecule has 3 nitrogen and oxygen atoms in total. The summed E-state index contributed by atoms with van der Waals surface area (Å²) in [5, 5.41) is 0. The van der Waals surface area contributed by atoms with Gasteiger partial charge in [-0.25, -0.2) is 0 Å². The molecule has 2 N–H and O–H groups in total. The van der Waals surface area contributed by atoms with Crippen molar-refractivity contribution in [2.24, 2.45) is 0 Å². The van der Waals surface area contributed by atoms with Crippen LogP contribution in [0.15, 0.2) is 22.7 Å². The SMILES string of the molecule is CC(=O)N(C)c1ccc(N)c(Br)c1. The van der Waals surface area contributed by atoms with Crippen molar-refractivity contribution < 1.29 is 4.79 Å². The van der Waals surface area contributed by atoms with Crippen molar-refractivity contribution in [2.45, 2.75) is 6.92 Å². The zero-order valence-corrected chi connectivity index (χ0v) is 9.13. The van der Waals surface area contributed by atoms with Crippen LogP contribution in [0.2, 0.25) is 0 Å². The van der Waals surface area contributed by atoms with Crippen molar-refractivity contribution in [3.63, 3.8) is 0 Å². The molecule has 1 aromatic rings. The number of carbonyl (C=O) groups excluding carboxylic acids is 1. The molecular weight excluding hydrogens is 232 g/mol. The second-order valence-corrected chi connectivity index (χ2v) is 3.64. The molecule has 0 unspecified atom stereocenters. The van der Waals surface area contributed by atoms with Gasteiger partial charge in [0.2, 0.25) is 5.91 Å². The molecule has 0 atom stereocenters. The Balaban J connectivity index is 3.03. The van der Waals surface area contributed by atoms with Gasteiger partial charge in [-0.3, -0.25) is 4.79 Å². The summed E-state index contributed by atoms with van der Waals surface area (Å²) < 4.78 is 0.804. The molecule has 0 heterocycles. The minimum atomic E-state index is -0.00308. The van der Waals surface area contributed by atoms with E-state index in [2.05, 4.69) is 15.9 Å². The summed E-state index contributed by atoms with van der Waals surface area (Å²) in [5.41, 5.74) is 7.11. The summed E-state index contributed by atoms with van der Waals surface area (Å²) in [6.45, 7) is 1.52. The predicted molar refractivity (Wildman–Crippen MR) is 57.6 cm³/mol. The van der Waals surface area contributed by atoms with E-state index in [4.69, 9.17) is 5.73 Å². The number of benzene rings is 1. The first kappa shape index (κ1) is 10.1. The molecule has 1 aromatic carbocycles. The van der Waals surface area contributed by atoms with E-state index in [9.17, 15) is 4.79 Å². The quantitative estimate of drug-likeness (QED) is 0.767. The van der Waals surface area contributed by atoms with Crippen molar-refractivity contribution >= 4 is 33.2 Å². The minimum Gasteiger partial charge on any atom is -0.398 e. The smallest absolute Gasteiger partial charge is 0.223 e. The fourth-order valence-electron chi connectivity index (χ4n) is 0.906. The van der Waals surface area contributed by atoms with Crippen LogP contribution in [0.4, 0.5) is 11.4 Å². The number of nitrogens with zero attached hydrogens (tertiary/aromatic N) is 1. The lowest BCUT2D eigenvalue weighted by molar-refractivity contribution is -0.116. The molecule has 0 radical (unpaired) electrons. The molecule has 13 heavy (non-hydrogen) atoms. The first-order chi connectivity index (χ1) is 6.02. The summed E-state index contributed by atoms with van der Waals surface area (Å²) in [6.07, 6.45) is 0. The van der Waals surface area contributed by atoms with E-state index >= 15 is 0 Å². The summed E-state index contributed by atoms with van der Waals surface area (Å²) in [5.74, 6) is -0.00308. The van der Waals surface area contributed by atoms with Crippen molar-refractivity contribution in [3.8, 4) is 0 Å². The molecule has 1 rings (SSSR count). The van der Waals surface area contributed by atoms with Gasteiger partial charge in [-0.15, -0.1) is 0 Å². The van der Waals surface area contributed by atoms with E-state index in [1.165, 1.54) is 6.92 Å². The van der Waals surface area contributed by atoms with E-state index < -0.39 is 0 Å². The number of amides is 1. The Labute approximate surface area is 85.7 Å². The Morgan fingerprint density at radius 1 is 1.54 bits per heavy atom. The molecule has 0 spiro atoms. The van der Waals surface area contributed by atoms with Crippen LogP contribution in [0.1, 0.15) is 6.92 Å². The first-order valence-electron chi connectivity index (χ1n) is 3.81. The topological polar surface area (TPSA) is 46.3 Å². The van der Waals surface area contributed by atoms with Gasteiger partial charge in [-0.2, -0.15) is 0 Å². The third kappa shape index (κ3) is 2.21. The lowest BCUT2D eigenvalue weighted by Gasteiger charge is -2.15. The summed E-state index contributed by atoms with van der Waals surface area (Å²) in [7, 11) is 1.72. The van der Waals surface area contributed by atoms with Crippen molar-refractivity contribution in [2.75, 3.05) is 17.7 Å². The normalized spacial score (nSPS) is 9.77. The van der Waals surface area contributed by atoms with E-state index in [1.54, 1.807) is 18.0 Å². The van der Waals surface area contributed by atoms with Crippen LogP contribution in [0.3, 0.4) is 0 Å². The molecular formula is C9H11BrN2O. The lowest BCUT2D eigenvalue weighted by atomic mass is 10.2. The van der Waals surface area contributed by atoms with Crippen molar-refractivity contribution in [3.05, 3.63) is 22.7 Å². The zero-order chi connectivity index (χ0) is 10.0. The van der Waals surface area contributed by atoms with E-state index in [-0.39, 0.29) is 5.91 Å².